The first-order valence-electron chi connectivity index (χ1n) is 6.75. The number of amides is 1. The Kier molecular flexibility index (Phi) is 7.62. The van der Waals surface area contributed by atoms with Gasteiger partial charge in [-0.1, -0.05) is 0 Å². The number of pyridine rings is 1. The molecule has 1 aromatic rings. The Hall–Kier alpha value is -0.660. The van der Waals surface area contributed by atoms with Gasteiger partial charge < -0.3 is 15.4 Å². The lowest BCUT2D eigenvalue weighted by molar-refractivity contribution is 0.0527. The van der Waals surface area contributed by atoms with Gasteiger partial charge in [-0.15, -0.1) is 0 Å². The summed E-state index contributed by atoms with van der Waals surface area (Å²) in [6.45, 7) is 7.59. The lowest BCUT2D eigenvalue weighted by Gasteiger charge is -2.19. The molecule has 0 aliphatic carbocycles. The molecule has 0 radical (unpaired) electrons. The molecule has 1 amide bonds. The van der Waals surface area contributed by atoms with Crippen LogP contribution in [-0.2, 0) is 11.3 Å². The Labute approximate surface area is 142 Å². The molecule has 1 aromatic heterocycles. The van der Waals surface area contributed by atoms with Gasteiger partial charge in [-0.3, -0.25) is 4.98 Å². The van der Waals surface area contributed by atoms with E-state index in [0.29, 0.717) is 13.1 Å². The van der Waals surface area contributed by atoms with Crippen LogP contribution in [-0.4, -0.2) is 29.8 Å². The average molecular weight is 423 g/mol. The highest BCUT2D eigenvalue weighted by Gasteiger charge is 2.15. The quantitative estimate of drug-likeness (QED) is 0.687. The SMILES string of the molecule is CC(C)(C)OC(=O)NCCCNCc1ncc(Br)cc1Br. The Morgan fingerprint density at radius 2 is 2.05 bits per heavy atom. The van der Waals surface area contributed by atoms with E-state index in [1.807, 2.05) is 26.8 Å². The van der Waals surface area contributed by atoms with Crippen molar-refractivity contribution in [3.8, 4) is 0 Å². The summed E-state index contributed by atoms with van der Waals surface area (Å²) in [4.78, 5) is 15.7. The van der Waals surface area contributed by atoms with Gasteiger partial charge in [0.05, 0.1) is 5.69 Å². The highest BCUT2D eigenvalue weighted by Crippen LogP contribution is 2.19. The zero-order chi connectivity index (χ0) is 15.9. The molecule has 0 bridgehead atoms. The summed E-state index contributed by atoms with van der Waals surface area (Å²) in [6, 6.07) is 1.97. The van der Waals surface area contributed by atoms with Crippen LogP contribution in [0.4, 0.5) is 4.79 Å². The fourth-order valence-corrected chi connectivity index (χ4v) is 2.63. The number of ether oxygens (including phenoxy) is 1. The van der Waals surface area contributed by atoms with Crippen LogP contribution in [0, 0.1) is 0 Å². The fraction of sp³-hybridized carbons (Fsp3) is 0.571. The van der Waals surface area contributed by atoms with Crippen LogP contribution >= 0.6 is 31.9 Å². The Morgan fingerprint density at radius 3 is 2.67 bits per heavy atom. The van der Waals surface area contributed by atoms with Gasteiger partial charge in [0.2, 0.25) is 0 Å². The van der Waals surface area contributed by atoms with Crippen molar-refractivity contribution in [3.05, 3.63) is 26.9 Å². The molecule has 0 saturated carbocycles. The molecule has 5 nitrogen and oxygen atoms in total. The first kappa shape index (κ1) is 18.4. The molecule has 0 saturated heterocycles. The van der Waals surface area contributed by atoms with Crippen molar-refractivity contribution in [2.75, 3.05) is 13.1 Å². The van der Waals surface area contributed by atoms with Crippen LogP contribution in [0.15, 0.2) is 21.2 Å². The molecule has 0 aliphatic rings. The van der Waals surface area contributed by atoms with E-state index >= 15 is 0 Å². The molecule has 1 heterocycles. The lowest BCUT2D eigenvalue weighted by atomic mass is 10.2. The van der Waals surface area contributed by atoms with E-state index in [1.54, 1.807) is 6.20 Å². The summed E-state index contributed by atoms with van der Waals surface area (Å²) in [5.41, 5.74) is 0.500. The minimum atomic E-state index is -0.456. The third kappa shape index (κ3) is 8.38. The number of carbonyl (C=O) groups excluding carboxylic acids is 1. The van der Waals surface area contributed by atoms with E-state index in [-0.39, 0.29) is 6.09 Å². The van der Waals surface area contributed by atoms with Gasteiger partial charge in [-0.05, 0) is 71.7 Å². The second-order valence-corrected chi connectivity index (χ2v) is 7.31. The van der Waals surface area contributed by atoms with E-state index in [4.69, 9.17) is 4.74 Å². The minimum Gasteiger partial charge on any atom is -0.444 e. The Bertz CT molecular complexity index is 476. The zero-order valence-electron chi connectivity index (χ0n) is 12.5. The first-order chi connectivity index (χ1) is 9.78. The fourth-order valence-electron chi connectivity index (χ4n) is 1.50. The van der Waals surface area contributed by atoms with Gasteiger partial charge in [0.1, 0.15) is 5.60 Å². The van der Waals surface area contributed by atoms with Crippen LogP contribution < -0.4 is 10.6 Å². The van der Waals surface area contributed by atoms with Gasteiger partial charge in [0.25, 0.3) is 0 Å². The van der Waals surface area contributed by atoms with E-state index < -0.39 is 5.60 Å². The molecular formula is C14H21Br2N3O2. The number of hydrogen-bond donors (Lipinski definition) is 2. The number of aromatic nitrogens is 1. The highest BCUT2D eigenvalue weighted by molar-refractivity contribution is 9.11. The number of nitrogens with zero attached hydrogens (tertiary/aromatic N) is 1. The molecule has 0 unspecified atom stereocenters. The van der Waals surface area contributed by atoms with Crippen molar-refractivity contribution < 1.29 is 9.53 Å². The zero-order valence-corrected chi connectivity index (χ0v) is 15.7. The summed E-state index contributed by atoms with van der Waals surface area (Å²) < 4.78 is 7.06. The minimum absolute atomic E-state index is 0.375. The first-order valence-corrected chi connectivity index (χ1v) is 8.34. The summed E-state index contributed by atoms with van der Waals surface area (Å²) in [6.07, 6.45) is 2.22. The molecule has 2 N–H and O–H groups in total. The van der Waals surface area contributed by atoms with Crippen LogP contribution in [0.2, 0.25) is 0 Å². The standard InChI is InChI=1S/C14H21Br2N3O2/c1-14(2,3)21-13(20)18-6-4-5-17-9-12-11(16)7-10(15)8-19-12/h7-8,17H,4-6,9H2,1-3H3,(H,18,20). The van der Waals surface area contributed by atoms with E-state index in [1.165, 1.54) is 0 Å². The predicted molar refractivity (Wildman–Crippen MR) is 90.2 cm³/mol. The predicted octanol–water partition coefficient (Wildman–Crippen LogP) is 3.61. The van der Waals surface area contributed by atoms with Crippen LogP contribution in [0.5, 0.6) is 0 Å². The molecule has 7 heteroatoms. The van der Waals surface area contributed by atoms with Crippen molar-refractivity contribution in [1.29, 1.82) is 0 Å². The van der Waals surface area contributed by atoms with Gasteiger partial charge in [-0.2, -0.15) is 0 Å². The molecule has 21 heavy (non-hydrogen) atoms. The van der Waals surface area contributed by atoms with Gasteiger partial charge in [-0.25, -0.2) is 4.79 Å². The van der Waals surface area contributed by atoms with Crippen LogP contribution in [0.25, 0.3) is 0 Å². The Balaban J connectivity index is 2.13. The summed E-state index contributed by atoms with van der Waals surface area (Å²) >= 11 is 6.84. The molecule has 0 fully saturated rings. The van der Waals surface area contributed by atoms with Gasteiger partial charge >= 0.3 is 6.09 Å². The van der Waals surface area contributed by atoms with Gasteiger partial charge in [0, 0.05) is 28.2 Å². The highest BCUT2D eigenvalue weighted by atomic mass is 79.9. The van der Waals surface area contributed by atoms with Crippen LogP contribution in [0.1, 0.15) is 32.9 Å². The lowest BCUT2D eigenvalue weighted by Crippen LogP contribution is -2.33. The molecule has 0 aromatic carbocycles. The smallest absolute Gasteiger partial charge is 0.407 e. The third-order valence-electron chi connectivity index (χ3n) is 2.38. The topological polar surface area (TPSA) is 63.2 Å². The second kappa shape index (κ2) is 8.70. The van der Waals surface area contributed by atoms with Crippen molar-refractivity contribution in [2.24, 2.45) is 0 Å². The number of alkyl carbamates (subject to hydrolysis) is 1. The number of rotatable bonds is 6. The molecule has 118 valence electrons. The monoisotopic (exact) mass is 421 g/mol. The molecule has 0 aliphatic heterocycles. The number of halogens is 2. The normalized spacial score (nSPS) is 11.3. The average Bonchev–Trinajstić information content (AvgIpc) is 2.33. The van der Waals surface area contributed by atoms with Crippen molar-refractivity contribution >= 4 is 38.0 Å². The second-order valence-electron chi connectivity index (χ2n) is 5.54. The van der Waals surface area contributed by atoms with Gasteiger partial charge in [0.15, 0.2) is 0 Å². The summed E-state index contributed by atoms with van der Waals surface area (Å²) in [7, 11) is 0. The molecule has 0 spiro atoms. The Morgan fingerprint density at radius 1 is 1.33 bits per heavy atom. The van der Waals surface area contributed by atoms with Crippen molar-refractivity contribution in [3.63, 3.8) is 0 Å². The summed E-state index contributed by atoms with van der Waals surface area (Å²) in [5.74, 6) is 0. The molecule has 1 rings (SSSR count). The maximum Gasteiger partial charge on any atom is 0.407 e. The number of carbonyl (C=O) groups is 1. The maximum absolute atomic E-state index is 11.4. The largest absolute Gasteiger partial charge is 0.444 e. The molecule has 0 atom stereocenters. The van der Waals surface area contributed by atoms with E-state index in [9.17, 15) is 4.79 Å². The number of hydrogen-bond acceptors (Lipinski definition) is 4. The summed E-state index contributed by atoms with van der Waals surface area (Å²) in [5, 5.41) is 6.01. The van der Waals surface area contributed by atoms with Crippen molar-refractivity contribution in [2.45, 2.75) is 39.3 Å². The van der Waals surface area contributed by atoms with E-state index in [2.05, 4.69) is 47.5 Å². The maximum atomic E-state index is 11.4. The van der Waals surface area contributed by atoms with E-state index in [0.717, 1.165) is 27.6 Å². The van der Waals surface area contributed by atoms with Crippen LogP contribution in [0.3, 0.4) is 0 Å². The van der Waals surface area contributed by atoms with Crippen molar-refractivity contribution in [1.82, 2.24) is 15.6 Å². The molecular weight excluding hydrogens is 402 g/mol. The number of nitrogens with one attached hydrogen (secondary N) is 2. The third-order valence-corrected chi connectivity index (χ3v) is 3.50.